The highest BCUT2D eigenvalue weighted by Gasteiger charge is 2.13. The quantitative estimate of drug-likeness (QED) is 0.727. The second-order valence-electron chi connectivity index (χ2n) is 5.54. The Morgan fingerprint density at radius 1 is 1.27 bits per heavy atom. The van der Waals surface area contributed by atoms with Gasteiger partial charge in [0.15, 0.2) is 0 Å². The van der Waals surface area contributed by atoms with E-state index in [1.807, 2.05) is 19.1 Å². The van der Waals surface area contributed by atoms with E-state index in [1.54, 1.807) is 6.07 Å². The van der Waals surface area contributed by atoms with Crippen molar-refractivity contribution >= 4 is 16.8 Å². The van der Waals surface area contributed by atoms with Crippen LogP contribution in [0.25, 0.3) is 10.9 Å². The van der Waals surface area contributed by atoms with E-state index in [0.717, 1.165) is 30.7 Å². The van der Waals surface area contributed by atoms with Crippen LogP contribution in [-0.4, -0.2) is 37.1 Å². The number of pyridine rings is 1. The van der Waals surface area contributed by atoms with E-state index in [-0.39, 0.29) is 16.9 Å². The fourth-order valence-electron chi connectivity index (χ4n) is 2.56. The molecule has 5 nitrogen and oxygen atoms in total. The van der Waals surface area contributed by atoms with E-state index in [4.69, 9.17) is 0 Å². The number of rotatable bonds is 6. The number of aromatic nitrogens is 1. The molecule has 0 atom stereocenters. The Labute approximate surface area is 130 Å². The van der Waals surface area contributed by atoms with Crippen molar-refractivity contribution in [1.29, 1.82) is 0 Å². The molecular formula is C17H24N3O2+. The largest absolute Gasteiger partial charge is 0.360 e. The number of hydrogen-bond donors (Lipinski definition) is 3. The number of benzene rings is 1. The number of H-pyrrole nitrogens is 1. The fourth-order valence-corrected chi connectivity index (χ4v) is 2.56. The molecule has 22 heavy (non-hydrogen) atoms. The summed E-state index contributed by atoms with van der Waals surface area (Å²) in [5.41, 5.74) is 1.78. The monoisotopic (exact) mass is 302 g/mol. The van der Waals surface area contributed by atoms with Crippen LogP contribution in [0.1, 0.15) is 29.8 Å². The van der Waals surface area contributed by atoms with Crippen molar-refractivity contribution in [2.75, 3.05) is 26.2 Å². The minimum Gasteiger partial charge on any atom is -0.360 e. The topological polar surface area (TPSA) is 66.4 Å². The molecule has 2 aromatic rings. The van der Waals surface area contributed by atoms with Gasteiger partial charge in [-0.25, -0.2) is 0 Å². The molecule has 2 rings (SSSR count). The number of nitrogens with one attached hydrogen (secondary N) is 3. The fraction of sp³-hybridized carbons (Fsp3) is 0.412. The number of carbonyl (C=O) groups is 1. The standard InChI is InChI=1S/C17H23N3O2/c1-4-20(5-2)9-8-18-17(22)14-11-19-15-10-12(3)6-7-13(15)16(14)21/h6-7,10-11H,4-5,8-9H2,1-3H3,(H,18,22)(H,19,21)/p+1. The summed E-state index contributed by atoms with van der Waals surface area (Å²) in [4.78, 5) is 29.1. The Morgan fingerprint density at radius 3 is 2.68 bits per heavy atom. The van der Waals surface area contributed by atoms with Crippen LogP contribution in [0.15, 0.2) is 29.2 Å². The summed E-state index contributed by atoms with van der Waals surface area (Å²) in [6.07, 6.45) is 1.50. The minimum atomic E-state index is -0.310. The summed E-state index contributed by atoms with van der Waals surface area (Å²) in [7, 11) is 0. The lowest BCUT2D eigenvalue weighted by atomic mass is 10.1. The summed E-state index contributed by atoms with van der Waals surface area (Å²) in [6, 6.07) is 5.55. The molecule has 1 aromatic carbocycles. The molecule has 1 amide bonds. The molecule has 0 saturated heterocycles. The molecule has 0 spiro atoms. The van der Waals surface area contributed by atoms with Gasteiger partial charge in [-0.05, 0) is 38.5 Å². The SMILES string of the molecule is CC[NH+](CC)CCNC(=O)c1c[nH]c2cc(C)ccc2c1=O. The van der Waals surface area contributed by atoms with Gasteiger partial charge in [-0.2, -0.15) is 0 Å². The number of aromatic amines is 1. The highest BCUT2D eigenvalue weighted by atomic mass is 16.2. The average Bonchev–Trinajstić information content (AvgIpc) is 2.51. The van der Waals surface area contributed by atoms with Crippen molar-refractivity contribution in [3.63, 3.8) is 0 Å². The normalized spacial score (nSPS) is 11.1. The molecule has 5 heteroatoms. The Hall–Kier alpha value is -2.14. The highest BCUT2D eigenvalue weighted by molar-refractivity contribution is 5.97. The molecular weight excluding hydrogens is 278 g/mol. The first kappa shape index (κ1) is 16.2. The summed E-state index contributed by atoms with van der Waals surface area (Å²) in [6.45, 7) is 9.70. The second kappa shape index (κ2) is 7.22. The van der Waals surface area contributed by atoms with Crippen LogP contribution in [0.2, 0.25) is 0 Å². The lowest BCUT2D eigenvalue weighted by Gasteiger charge is -2.15. The molecule has 3 N–H and O–H groups in total. The van der Waals surface area contributed by atoms with Crippen molar-refractivity contribution < 1.29 is 9.69 Å². The molecule has 0 aliphatic carbocycles. The van der Waals surface area contributed by atoms with Crippen molar-refractivity contribution in [2.24, 2.45) is 0 Å². The molecule has 1 heterocycles. The van der Waals surface area contributed by atoms with Crippen molar-refractivity contribution in [3.8, 4) is 0 Å². The Balaban J connectivity index is 2.13. The molecule has 0 radical (unpaired) electrons. The number of quaternary nitrogens is 1. The van der Waals surface area contributed by atoms with Crippen LogP contribution < -0.4 is 15.6 Å². The van der Waals surface area contributed by atoms with Gasteiger partial charge >= 0.3 is 0 Å². The van der Waals surface area contributed by atoms with E-state index < -0.39 is 0 Å². The zero-order valence-corrected chi connectivity index (χ0v) is 13.5. The van der Waals surface area contributed by atoms with Crippen LogP contribution in [0.5, 0.6) is 0 Å². The first-order valence-electron chi connectivity index (χ1n) is 7.80. The number of carbonyl (C=O) groups excluding carboxylic acids is 1. The Morgan fingerprint density at radius 2 is 2.00 bits per heavy atom. The third kappa shape index (κ3) is 3.54. The van der Waals surface area contributed by atoms with Gasteiger partial charge < -0.3 is 15.2 Å². The zero-order valence-electron chi connectivity index (χ0n) is 13.5. The highest BCUT2D eigenvalue weighted by Crippen LogP contribution is 2.10. The van der Waals surface area contributed by atoms with Crippen LogP contribution >= 0.6 is 0 Å². The molecule has 0 saturated carbocycles. The van der Waals surface area contributed by atoms with Crippen LogP contribution in [0, 0.1) is 6.92 Å². The van der Waals surface area contributed by atoms with Crippen LogP contribution in [0.3, 0.4) is 0 Å². The van der Waals surface area contributed by atoms with Crippen molar-refractivity contribution in [3.05, 3.63) is 45.7 Å². The van der Waals surface area contributed by atoms with E-state index >= 15 is 0 Å². The number of hydrogen-bond acceptors (Lipinski definition) is 2. The van der Waals surface area contributed by atoms with Gasteiger partial charge in [0.2, 0.25) is 5.43 Å². The number of amides is 1. The van der Waals surface area contributed by atoms with E-state index in [9.17, 15) is 9.59 Å². The smallest absolute Gasteiger partial charge is 0.256 e. The maximum Gasteiger partial charge on any atom is 0.256 e. The molecule has 0 fully saturated rings. The first-order chi connectivity index (χ1) is 10.6. The maximum absolute atomic E-state index is 12.4. The summed E-state index contributed by atoms with van der Waals surface area (Å²) < 4.78 is 0. The summed E-state index contributed by atoms with van der Waals surface area (Å²) >= 11 is 0. The van der Waals surface area contributed by atoms with E-state index in [0.29, 0.717) is 11.9 Å². The Bertz CT molecular complexity index is 717. The molecule has 0 unspecified atom stereocenters. The van der Waals surface area contributed by atoms with Gasteiger partial charge in [0.25, 0.3) is 5.91 Å². The molecule has 0 bridgehead atoms. The number of likely N-dealkylation sites (N-methyl/N-ethyl adjacent to an activating group) is 1. The maximum atomic E-state index is 12.4. The predicted octanol–water partition coefficient (Wildman–Crippen LogP) is 0.491. The minimum absolute atomic E-state index is 0.172. The molecule has 0 aliphatic heterocycles. The van der Waals surface area contributed by atoms with Crippen molar-refractivity contribution in [2.45, 2.75) is 20.8 Å². The number of aryl methyl sites for hydroxylation is 1. The van der Waals surface area contributed by atoms with Gasteiger partial charge in [-0.1, -0.05) is 6.07 Å². The molecule has 1 aromatic heterocycles. The second-order valence-corrected chi connectivity index (χ2v) is 5.54. The lowest BCUT2D eigenvalue weighted by molar-refractivity contribution is -0.895. The van der Waals surface area contributed by atoms with E-state index in [2.05, 4.69) is 24.1 Å². The van der Waals surface area contributed by atoms with Gasteiger partial charge in [-0.15, -0.1) is 0 Å². The van der Waals surface area contributed by atoms with Crippen LogP contribution in [-0.2, 0) is 0 Å². The van der Waals surface area contributed by atoms with Gasteiger partial charge in [0, 0.05) is 17.1 Å². The van der Waals surface area contributed by atoms with Gasteiger partial charge in [0.05, 0.1) is 26.2 Å². The third-order valence-corrected chi connectivity index (χ3v) is 4.05. The summed E-state index contributed by atoms with van der Waals surface area (Å²) in [5, 5.41) is 3.38. The zero-order chi connectivity index (χ0) is 16.1. The van der Waals surface area contributed by atoms with Crippen LogP contribution in [0.4, 0.5) is 0 Å². The predicted molar refractivity (Wildman–Crippen MR) is 88.6 cm³/mol. The number of fused-ring (bicyclic) bond motifs is 1. The third-order valence-electron chi connectivity index (χ3n) is 4.05. The molecule has 118 valence electrons. The lowest BCUT2D eigenvalue weighted by Crippen LogP contribution is -3.12. The first-order valence-corrected chi connectivity index (χ1v) is 7.80. The Kier molecular flexibility index (Phi) is 5.33. The van der Waals surface area contributed by atoms with Gasteiger partial charge in [-0.3, -0.25) is 9.59 Å². The molecule has 0 aliphatic rings. The average molecular weight is 302 g/mol. The van der Waals surface area contributed by atoms with Gasteiger partial charge in [0.1, 0.15) is 5.56 Å². The van der Waals surface area contributed by atoms with Crippen molar-refractivity contribution in [1.82, 2.24) is 10.3 Å². The van der Waals surface area contributed by atoms with E-state index in [1.165, 1.54) is 11.1 Å². The summed E-state index contributed by atoms with van der Waals surface area (Å²) in [5.74, 6) is -0.310.